The third kappa shape index (κ3) is 4.65. The van der Waals surface area contributed by atoms with Crippen LogP contribution in [0.1, 0.15) is 47.0 Å². The van der Waals surface area contributed by atoms with E-state index in [-0.39, 0.29) is 12.7 Å². The molecule has 4 nitrogen and oxygen atoms in total. The zero-order valence-corrected chi connectivity index (χ0v) is 14.3. The van der Waals surface area contributed by atoms with Crippen molar-refractivity contribution >= 4 is 0 Å². The molecule has 0 aromatic carbocycles. The van der Waals surface area contributed by atoms with Gasteiger partial charge in [-0.05, 0) is 44.1 Å². The van der Waals surface area contributed by atoms with Crippen LogP contribution in [0.4, 0.5) is 0 Å². The van der Waals surface area contributed by atoms with E-state index in [2.05, 4.69) is 37.9 Å². The fourth-order valence-electron chi connectivity index (χ4n) is 4.00. The van der Waals surface area contributed by atoms with Crippen LogP contribution in [0.2, 0.25) is 0 Å². The van der Waals surface area contributed by atoms with Gasteiger partial charge in [0.2, 0.25) is 0 Å². The predicted octanol–water partition coefficient (Wildman–Crippen LogP) is 1.87. The molecule has 2 aliphatic rings. The molecule has 2 rings (SSSR count). The van der Waals surface area contributed by atoms with Crippen molar-refractivity contribution in [1.29, 1.82) is 0 Å². The van der Waals surface area contributed by atoms with Crippen molar-refractivity contribution in [2.75, 3.05) is 32.8 Å². The Morgan fingerprint density at radius 2 is 2.14 bits per heavy atom. The van der Waals surface area contributed by atoms with E-state index in [1.807, 2.05) is 0 Å². The number of nitrogens with zero attached hydrogens (tertiary/aromatic N) is 1. The molecule has 0 spiro atoms. The highest BCUT2D eigenvalue weighted by Gasteiger charge is 2.37. The zero-order valence-electron chi connectivity index (χ0n) is 14.3. The van der Waals surface area contributed by atoms with Crippen molar-refractivity contribution in [2.45, 2.75) is 65.1 Å². The van der Waals surface area contributed by atoms with Gasteiger partial charge in [-0.25, -0.2) is 0 Å². The molecule has 1 saturated carbocycles. The molecule has 0 bridgehead atoms. The van der Waals surface area contributed by atoms with E-state index in [1.54, 1.807) is 0 Å². The van der Waals surface area contributed by atoms with Gasteiger partial charge in [0.05, 0.1) is 19.3 Å². The van der Waals surface area contributed by atoms with E-state index in [9.17, 15) is 5.11 Å². The van der Waals surface area contributed by atoms with E-state index in [0.717, 1.165) is 26.2 Å². The summed E-state index contributed by atoms with van der Waals surface area (Å²) in [5.74, 6) is 0.702. The lowest BCUT2D eigenvalue weighted by molar-refractivity contribution is -0.0856. The molecule has 2 fully saturated rings. The second-order valence-electron chi connectivity index (χ2n) is 7.77. The first-order valence-electron chi connectivity index (χ1n) is 8.65. The normalized spacial score (nSPS) is 37.6. The topological polar surface area (TPSA) is 44.7 Å². The van der Waals surface area contributed by atoms with E-state index in [4.69, 9.17) is 4.74 Å². The highest BCUT2D eigenvalue weighted by atomic mass is 16.5. The lowest BCUT2D eigenvalue weighted by atomic mass is 9.69. The highest BCUT2D eigenvalue weighted by Crippen LogP contribution is 2.39. The summed E-state index contributed by atoms with van der Waals surface area (Å²) in [6.45, 7) is 13.2. The fourth-order valence-corrected chi connectivity index (χ4v) is 4.00. The Labute approximate surface area is 130 Å². The van der Waals surface area contributed by atoms with Crippen molar-refractivity contribution in [2.24, 2.45) is 11.3 Å². The first kappa shape index (κ1) is 17.2. The van der Waals surface area contributed by atoms with Gasteiger partial charge in [-0.1, -0.05) is 20.8 Å². The summed E-state index contributed by atoms with van der Waals surface area (Å²) in [6.07, 6.45) is 3.89. The number of rotatable bonds is 5. The zero-order chi connectivity index (χ0) is 15.5. The maximum absolute atomic E-state index is 9.36. The van der Waals surface area contributed by atoms with Crippen molar-refractivity contribution in [3.8, 4) is 0 Å². The molecule has 0 aromatic heterocycles. The molecule has 0 amide bonds. The molecule has 1 aliphatic heterocycles. The van der Waals surface area contributed by atoms with Crippen LogP contribution < -0.4 is 5.32 Å². The minimum absolute atomic E-state index is 0.00427. The molecule has 4 unspecified atom stereocenters. The Morgan fingerprint density at radius 3 is 2.81 bits per heavy atom. The smallest absolute Gasteiger partial charge is 0.0933 e. The third-order valence-electron chi connectivity index (χ3n) is 5.29. The summed E-state index contributed by atoms with van der Waals surface area (Å²) in [5, 5.41) is 13.1. The lowest BCUT2D eigenvalue weighted by Crippen LogP contribution is -2.54. The van der Waals surface area contributed by atoms with Crippen LogP contribution in [-0.2, 0) is 4.74 Å². The number of nitrogens with one attached hydrogen (secondary N) is 1. The maximum atomic E-state index is 9.36. The standard InChI is InChI=1S/C17H34N2O2/c1-5-18-16-6-7-17(3,4)8-14(16)9-19-10-15(11-20)21-12-13(19)2/h13-16,18,20H,5-12H2,1-4H3. The Hall–Kier alpha value is -0.160. The second kappa shape index (κ2) is 7.40. The molecular formula is C17H34N2O2. The van der Waals surface area contributed by atoms with Crippen molar-refractivity contribution in [3.63, 3.8) is 0 Å². The quantitative estimate of drug-likeness (QED) is 0.813. The number of ether oxygens (including phenoxy) is 1. The largest absolute Gasteiger partial charge is 0.394 e. The number of morpholine rings is 1. The Kier molecular flexibility index (Phi) is 6.06. The molecule has 124 valence electrons. The van der Waals surface area contributed by atoms with Crippen LogP contribution in [0.5, 0.6) is 0 Å². The van der Waals surface area contributed by atoms with Crippen LogP contribution in [-0.4, -0.2) is 61.0 Å². The van der Waals surface area contributed by atoms with Gasteiger partial charge in [-0.2, -0.15) is 0 Å². The lowest BCUT2D eigenvalue weighted by Gasteiger charge is -2.46. The predicted molar refractivity (Wildman–Crippen MR) is 86.4 cm³/mol. The van der Waals surface area contributed by atoms with Gasteiger partial charge in [-0.15, -0.1) is 0 Å². The molecule has 1 saturated heterocycles. The summed E-state index contributed by atoms with van der Waals surface area (Å²) in [5.41, 5.74) is 0.461. The van der Waals surface area contributed by atoms with Crippen LogP contribution in [0.15, 0.2) is 0 Å². The Balaban J connectivity index is 1.99. The van der Waals surface area contributed by atoms with Gasteiger partial charge in [-0.3, -0.25) is 4.90 Å². The van der Waals surface area contributed by atoms with Crippen LogP contribution in [0.3, 0.4) is 0 Å². The van der Waals surface area contributed by atoms with Gasteiger partial charge < -0.3 is 15.2 Å². The highest BCUT2D eigenvalue weighted by molar-refractivity contribution is 4.91. The average molecular weight is 298 g/mol. The van der Waals surface area contributed by atoms with Gasteiger partial charge in [0, 0.05) is 25.2 Å². The van der Waals surface area contributed by atoms with Crippen LogP contribution in [0, 0.1) is 11.3 Å². The van der Waals surface area contributed by atoms with Crippen molar-refractivity contribution in [1.82, 2.24) is 10.2 Å². The average Bonchev–Trinajstić information content (AvgIpc) is 2.44. The monoisotopic (exact) mass is 298 g/mol. The minimum atomic E-state index is -0.00427. The van der Waals surface area contributed by atoms with Crippen LogP contribution >= 0.6 is 0 Å². The molecule has 0 radical (unpaired) electrons. The molecule has 1 heterocycles. The summed E-state index contributed by atoms with van der Waals surface area (Å²) >= 11 is 0. The van der Waals surface area contributed by atoms with E-state index < -0.39 is 0 Å². The van der Waals surface area contributed by atoms with Crippen molar-refractivity contribution in [3.05, 3.63) is 0 Å². The van der Waals surface area contributed by atoms with E-state index in [0.29, 0.717) is 23.4 Å². The minimum Gasteiger partial charge on any atom is -0.394 e. The fraction of sp³-hybridized carbons (Fsp3) is 1.00. The summed E-state index contributed by atoms with van der Waals surface area (Å²) in [6, 6.07) is 1.10. The first-order chi connectivity index (χ1) is 9.95. The molecule has 4 atom stereocenters. The molecule has 2 N–H and O–H groups in total. The Morgan fingerprint density at radius 1 is 1.38 bits per heavy atom. The first-order valence-corrected chi connectivity index (χ1v) is 8.65. The van der Waals surface area contributed by atoms with Crippen LogP contribution in [0.25, 0.3) is 0 Å². The molecule has 21 heavy (non-hydrogen) atoms. The van der Waals surface area contributed by atoms with Gasteiger partial charge in [0.1, 0.15) is 0 Å². The maximum Gasteiger partial charge on any atom is 0.0933 e. The molecule has 0 aromatic rings. The van der Waals surface area contributed by atoms with Gasteiger partial charge in [0.15, 0.2) is 0 Å². The summed E-state index contributed by atoms with van der Waals surface area (Å²) < 4.78 is 5.67. The number of hydrogen-bond donors (Lipinski definition) is 2. The summed E-state index contributed by atoms with van der Waals surface area (Å²) in [4.78, 5) is 2.53. The SMILES string of the molecule is CCNC1CCC(C)(C)CC1CN1CC(CO)OCC1C. The van der Waals surface area contributed by atoms with Gasteiger partial charge in [0.25, 0.3) is 0 Å². The van der Waals surface area contributed by atoms with Crippen molar-refractivity contribution < 1.29 is 9.84 Å². The number of aliphatic hydroxyl groups is 1. The third-order valence-corrected chi connectivity index (χ3v) is 5.29. The molecular weight excluding hydrogens is 264 g/mol. The molecule has 1 aliphatic carbocycles. The van der Waals surface area contributed by atoms with E-state index in [1.165, 1.54) is 19.3 Å². The molecule has 4 heteroatoms. The Bertz CT molecular complexity index is 322. The number of hydrogen-bond acceptors (Lipinski definition) is 4. The van der Waals surface area contributed by atoms with Gasteiger partial charge >= 0.3 is 0 Å². The number of aliphatic hydroxyl groups excluding tert-OH is 1. The second-order valence-corrected chi connectivity index (χ2v) is 7.77. The van der Waals surface area contributed by atoms with E-state index >= 15 is 0 Å². The summed E-state index contributed by atoms with van der Waals surface area (Å²) in [7, 11) is 0.